The lowest BCUT2D eigenvalue weighted by Gasteiger charge is -2.27. The molecule has 7 heteroatoms. The van der Waals surface area contributed by atoms with Crippen LogP contribution in [0.3, 0.4) is 0 Å². The predicted octanol–water partition coefficient (Wildman–Crippen LogP) is 4.28. The molecular weight excluding hydrogens is 431 g/mol. The second-order valence-corrected chi connectivity index (χ2v) is 8.24. The van der Waals surface area contributed by atoms with Crippen LogP contribution < -0.4 is 5.32 Å². The number of nitrogens with zero attached hydrogens (tertiary/aromatic N) is 3. The molecule has 1 N–H and O–H groups in total. The Bertz CT molecular complexity index is 1320. The van der Waals surface area contributed by atoms with Gasteiger partial charge in [-0.15, -0.1) is 0 Å². The van der Waals surface area contributed by atoms with Crippen molar-refractivity contribution in [3.63, 3.8) is 0 Å². The number of carbonyl (C=O) groups excluding carboxylic acids is 2. The molecule has 170 valence electrons. The normalized spacial score (nSPS) is 13.0. The van der Waals surface area contributed by atoms with Crippen molar-refractivity contribution in [2.24, 2.45) is 0 Å². The Morgan fingerprint density at radius 2 is 1.56 bits per heavy atom. The molecule has 1 aromatic heterocycles. The molecule has 34 heavy (non-hydrogen) atoms. The van der Waals surface area contributed by atoms with Crippen LogP contribution in [-0.2, 0) is 19.6 Å². The Morgan fingerprint density at radius 3 is 2.29 bits per heavy atom. The van der Waals surface area contributed by atoms with Crippen molar-refractivity contribution in [2.75, 3.05) is 6.54 Å². The predicted molar refractivity (Wildman–Crippen MR) is 126 cm³/mol. The number of aromatic nitrogens is 2. The number of carbonyl (C=O) groups is 2. The summed E-state index contributed by atoms with van der Waals surface area (Å²) in [5.41, 5.74) is 4.66. The van der Waals surface area contributed by atoms with E-state index < -0.39 is 0 Å². The molecule has 1 aliphatic rings. The van der Waals surface area contributed by atoms with Gasteiger partial charge in [0, 0.05) is 25.7 Å². The highest BCUT2D eigenvalue weighted by Gasteiger charge is 2.28. The first-order chi connectivity index (χ1) is 16.6. The van der Waals surface area contributed by atoms with E-state index in [1.807, 2.05) is 42.5 Å². The Labute approximate surface area is 196 Å². The standard InChI is InChI=1S/C27H23FN4O2/c28-23-12-8-20(9-13-23)18-31-14-15-32-25(27(31)34)16-24(30-32)26(33)29-17-19-6-10-22(11-7-19)21-4-2-1-3-5-21/h1-13,16H,14-15,17-18H2,(H,29,33). The minimum absolute atomic E-state index is 0.196. The molecule has 3 aromatic carbocycles. The average molecular weight is 455 g/mol. The van der Waals surface area contributed by atoms with Crippen LogP contribution in [0, 0.1) is 5.82 Å². The minimum atomic E-state index is -0.327. The zero-order chi connectivity index (χ0) is 23.5. The van der Waals surface area contributed by atoms with Crippen molar-refractivity contribution in [1.29, 1.82) is 0 Å². The molecule has 4 aromatic rings. The van der Waals surface area contributed by atoms with Crippen molar-refractivity contribution in [2.45, 2.75) is 19.6 Å². The highest BCUT2D eigenvalue weighted by molar-refractivity contribution is 5.98. The fraction of sp³-hybridized carbons (Fsp3) is 0.148. The number of hydrogen-bond acceptors (Lipinski definition) is 3. The summed E-state index contributed by atoms with van der Waals surface area (Å²) in [5, 5.41) is 7.21. The summed E-state index contributed by atoms with van der Waals surface area (Å²) in [5.74, 6) is -0.833. The molecule has 0 fully saturated rings. The van der Waals surface area contributed by atoms with Crippen molar-refractivity contribution < 1.29 is 14.0 Å². The van der Waals surface area contributed by atoms with Crippen LogP contribution in [0.5, 0.6) is 0 Å². The molecule has 0 unspecified atom stereocenters. The minimum Gasteiger partial charge on any atom is -0.347 e. The zero-order valence-electron chi connectivity index (χ0n) is 18.4. The Hall–Kier alpha value is -4.26. The van der Waals surface area contributed by atoms with E-state index in [2.05, 4.69) is 22.5 Å². The van der Waals surface area contributed by atoms with Crippen LogP contribution in [0.25, 0.3) is 11.1 Å². The maximum absolute atomic E-state index is 13.1. The molecule has 2 heterocycles. The smallest absolute Gasteiger partial charge is 0.272 e. The first-order valence-corrected chi connectivity index (χ1v) is 11.1. The Kier molecular flexibility index (Phi) is 5.91. The summed E-state index contributed by atoms with van der Waals surface area (Å²) in [6.07, 6.45) is 0. The summed E-state index contributed by atoms with van der Waals surface area (Å²) in [6, 6.07) is 25.7. The monoisotopic (exact) mass is 454 g/mol. The highest BCUT2D eigenvalue weighted by atomic mass is 19.1. The van der Waals surface area contributed by atoms with Gasteiger partial charge in [0.05, 0.1) is 6.54 Å². The first kappa shape index (κ1) is 21.6. The lowest BCUT2D eigenvalue weighted by Crippen LogP contribution is -2.39. The SMILES string of the molecule is O=C(NCc1ccc(-c2ccccc2)cc1)c1cc2n(n1)CCN(Cc1ccc(F)cc1)C2=O. The third-order valence-corrected chi connectivity index (χ3v) is 5.90. The second-order valence-electron chi connectivity index (χ2n) is 8.24. The van der Waals surface area contributed by atoms with Crippen molar-refractivity contribution in [1.82, 2.24) is 20.0 Å². The summed E-state index contributed by atoms with van der Waals surface area (Å²) < 4.78 is 14.7. The van der Waals surface area contributed by atoms with Crippen LogP contribution in [-0.4, -0.2) is 33.0 Å². The lowest BCUT2D eigenvalue weighted by molar-refractivity contribution is 0.0683. The third kappa shape index (κ3) is 4.59. The summed E-state index contributed by atoms with van der Waals surface area (Å²) in [4.78, 5) is 27.3. The van der Waals surface area contributed by atoms with E-state index >= 15 is 0 Å². The highest BCUT2D eigenvalue weighted by Crippen LogP contribution is 2.20. The molecule has 1 aliphatic heterocycles. The lowest BCUT2D eigenvalue weighted by atomic mass is 10.0. The van der Waals surface area contributed by atoms with Crippen LogP contribution in [0.4, 0.5) is 4.39 Å². The third-order valence-electron chi connectivity index (χ3n) is 5.90. The Morgan fingerprint density at radius 1 is 0.882 bits per heavy atom. The van der Waals surface area contributed by atoms with Gasteiger partial charge in [-0.25, -0.2) is 4.39 Å². The van der Waals surface area contributed by atoms with Crippen LogP contribution in [0.15, 0.2) is 84.9 Å². The van der Waals surface area contributed by atoms with E-state index in [0.717, 1.165) is 22.3 Å². The maximum Gasteiger partial charge on any atom is 0.272 e. The molecule has 0 radical (unpaired) electrons. The van der Waals surface area contributed by atoms with E-state index in [1.165, 1.54) is 18.2 Å². The fourth-order valence-electron chi connectivity index (χ4n) is 4.03. The van der Waals surface area contributed by atoms with E-state index in [-0.39, 0.29) is 23.3 Å². The van der Waals surface area contributed by atoms with Gasteiger partial charge in [-0.2, -0.15) is 5.10 Å². The van der Waals surface area contributed by atoms with Crippen molar-refractivity contribution in [3.05, 3.63) is 113 Å². The van der Waals surface area contributed by atoms with Crippen LogP contribution >= 0.6 is 0 Å². The molecule has 0 saturated heterocycles. The summed E-state index contributed by atoms with van der Waals surface area (Å²) >= 11 is 0. The van der Waals surface area contributed by atoms with E-state index in [4.69, 9.17) is 0 Å². The number of fused-ring (bicyclic) bond motifs is 1. The van der Waals surface area contributed by atoms with Gasteiger partial charge in [0.15, 0.2) is 5.69 Å². The molecule has 0 aliphatic carbocycles. The molecule has 6 nitrogen and oxygen atoms in total. The van der Waals surface area contributed by atoms with Gasteiger partial charge >= 0.3 is 0 Å². The molecule has 0 atom stereocenters. The average Bonchev–Trinajstić information content (AvgIpc) is 3.32. The number of benzene rings is 3. The van der Waals surface area contributed by atoms with E-state index in [1.54, 1.807) is 21.7 Å². The largest absolute Gasteiger partial charge is 0.347 e. The first-order valence-electron chi connectivity index (χ1n) is 11.1. The Balaban J connectivity index is 1.21. The molecule has 0 spiro atoms. The van der Waals surface area contributed by atoms with Gasteiger partial charge in [-0.05, 0) is 34.4 Å². The molecule has 0 saturated carbocycles. The number of rotatable bonds is 6. The van der Waals surface area contributed by atoms with Gasteiger partial charge in [-0.1, -0.05) is 66.7 Å². The second kappa shape index (κ2) is 9.31. The van der Waals surface area contributed by atoms with E-state index in [9.17, 15) is 14.0 Å². The van der Waals surface area contributed by atoms with Crippen LogP contribution in [0.1, 0.15) is 32.1 Å². The zero-order valence-corrected chi connectivity index (χ0v) is 18.4. The number of halogens is 1. The van der Waals surface area contributed by atoms with Crippen LogP contribution in [0.2, 0.25) is 0 Å². The van der Waals surface area contributed by atoms with Crippen molar-refractivity contribution >= 4 is 11.8 Å². The number of amides is 2. The fourth-order valence-corrected chi connectivity index (χ4v) is 4.03. The van der Waals surface area contributed by atoms with Gasteiger partial charge in [0.1, 0.15) is 11.5 Å². The maximum atomic E-state index is 13.1. The molecular formula is C27H23FN4O2. The molecule has 2 amide bonds. The summed E-state index contributed by atoms with van der Waals surface area (Å²) in [7, 11) is 0. The van der Waals surface area contributed by atoms with Gasteiger partial charge < -0.3 is 10.2 Å². The van der Waals surface area contributed by atoms with Gasteiger partial charge in [0.2, 0.25) is 0 Å². The number of hydrogen-bond donors (Lipinski definition) is 1. The molecule has 5 rings (SSSR count). The molecule has 0 bridgehead atoms. The van der Waals surface area contributed by atoms with E-state index in [0.29, 0.717) is 31.9 Å². The van der Waals surface area contributed by atoms with Gasteiger partial charge in [-0.3, -0.25) is 14.3 Å². The van der Waals surface area contributed by atoms with Gasteiger partial charge in [0.25, 0.3) is 11.8 Å². The number of nitrogens with one attached hydrogen (secondary N) is 1. The topological polar surface area (TPSA) is 67.2 Å². The summed E-state index contributed by atoms with van der Waals surface area (Å²) in [6.45, 7) is 1.71. The van der Waals surface area contributed by atoms with Crippen molar-refractivity contribution in [3.8, 4) is 11.1 Å². The quantitative estimate of drug-likeness (QED) is 0.473.